The Labute approximate surface area is 77.9 Å². The lowest BCUT2D eigenvalue weighted by atomic mass is 10.2. The molecule has 12 heavy (non-hydrogen) atoms. The van der Waals surface area contributed by atoms with Gasteiger partial charge in [0.25, 0.3) is 0 Å². The van der Waals surface area contributed by atoms with E-state index in [1.807, 2.05) is 0 Å². The smallest absolute Gasteiger partial charge is 0.00612 e. The van der Waals surface area contributed by atoms with Crippen LogP contribution in [0.5, 0.6) is 0 Å². The lowest BCUT2D eigenvalue weighted by Gasteiger charge is -2.23. The molecular formula is C10H26N2. The molecule has 0 heterocycles. The van der Waals surface area contributed by atoms with Gasteiger partial charge in [0.05, 0.1) is 0 Å². The average molecular weight is 174 g/mol. The zero-order valence-electron chi connectivity index (χ0n) is 9.27. The van der Waals surface area contributed by atoms with E-state index >= 15 is 0 Å². The summed E-state index contributed by atoms with van der Waals surface area (Å²) in [5.74, 6) is 0. The third kappa shape index (κ3) is 6.62. The Balaban J connectivity index is 0. The van der Waals surface area contributed by atoms with E-state index in [0.717, 1.165) is 6.04 Å². The first-order valence-corrected chi connectivity index (χ1v) is 4.92. The fourth-order valence-electron chi connectivity index (χ4n) is 1.14. The highest BCUT2D eigenvalue weighted by atomic mass is 15.1. The maximum atomic E-state index is 2.45. The third-order valence-electron chi connectivity index (χ3n) is 2.46. The molecule has 0 saturated heterocycles. The van der Waals surface area contributed by atoms with E-state index in [-0.39, 0.29) is 6.15 Å². The van der Waals surface area contributed by atoms with Gasteiger partial charge in [-0.15, -0.1) is 0 Å². The van der Waals surface area contributed by atoms with E-state index in [2.05, 4.69) is 32.7 Å². The van der Waals surface area contributed by atoms with Crippen molar-refractivity contribution in [3.8, 4) is 0 Å². The van der Waals surface area contributed by atoms with Crippen molar-refractivity contribution in [1.82, 2.24) is 11.1 Å². The second kappa shape index (κ2) is 9.01. The second-order valence-corrected chi connectivity index (χ2v) is 3.44. The minimum Gasteiger partial charge on any atom is -0.344 e. The highest BCUT2D eigenvalue weighted by molar-refractivity contribution is 4.60. The third-order valence-corrected chi connectivity index (χ3v) is 2.46. The number of hydrogen-bond donors (Lipinski definition) is 1. The molecule has 0 spiro atoms. The summed E-state index contributed by atoms with van der Waals surface area (Å²) in [4.78, 5) is 2.45. The van der Waals surface area contributed by atoms with Crippen molar-refractivity contribution in [2.75, 3.05) is 13.6 Å². The minimum absolute atomic E-state index is 0. The van der Waals surface area contributed by atoms with E-state index in [0.29, 0.717) is 0 Å². The number of nitrogens with zero attached hydrogens (tertiary/aromatic N) is 1. The van der Waals surface area contributed by atoms with Gasteiger partial charge in [0.1, 0.15) is 0 Å². The van der Waals surface area contributed by atoms with E-state index in [9.17, 15) is 0 Å². The molecule has 0 aromatic carbocycles. The normalized spacial score (nSPS) is 12.8. The molecule has 2 nitrogen and oxygen atoms in total. The zero-order chi connectivity index (χ0) is 8.69. The predicted molar refractivity (Wildman–Crippen MR) is 56.9 cm³/mol. The van der Waals surface area contributed by atoms with Crippen LogP contribution in [-0.2, 0) is 0 Å². The summed E-state index contributed by atoms with van der Waals surface area (Å²) in [7, 11) is 2.23. The highest BCUT2D eigenvalue weighted by Gasteiger charge is 2.04. The van der Waals surface area contributed by atoms with Gasteiger partial charge in [0.15, 0.2) is 0 Å². The van der Waals surface area contributed by atoms with Gasteiger partial charge in [0.2, 0.25) is 0 Å². The summed E-state index contributed by atoms with van der Waals surface area (Å²) in [6, 6.07) is 0.756. The molecular weight excluding hydrogens is 148 g/mol. The van der Waals surface area contributed by atoms with Crippen LogP contribution in [0.25, 0.3) is 0 Å². The molecule has 0 aliphatic carbocycles. The van der Waals surface area contributed by atoms with Crippen molar-refractivity contribution in [3.63, 3.8) is 0 Å². The molecule has 0 rings (SSSR count). The predicted octanol–water partition coefficient (Wildman–Crippen LogP) is 3.07. The van der Waals surface area contributed by atoms with Crippen molar-refractivity contribution >= 4 is 0 Å². The van der Waals surface area contributed by atoms with Gasteiger partial charge in [0, 0.05) is 6.04 Å². The Morgan fingerprint density at radius 1 is 1.17 bits per heavy atom. The molecule has 0 fully saturated rings. The van der Waals surface area contributed by atoms with Gasteiger partial charge in [-0.3, -0.25) is 0 Å². The van der Waals surface area contributed by atoms with Crippen LogP contribution in [0.1, 0.15) is 46.5 Å². The van der Waals surface area contributed by atoms with E-state index in [1.165, 1.54) is 32.2 Å². The number of rotatable bonds is 6. The first-order valence-electron chi connectivity index (χ1n) is 4.92. The zero-order valence-corrected chi connectivity index (χ0v) is 9.27. The highest BCUT2D eigenvalue weighted by Crippen LogP contribution is 2.02. The molecule has 3 N–H and O–H groups in total. The maximum Gasteiger partial charge on any atom is 0.00612 e. The molecule has 0 radical (unpaired) electrons. The molecule has 2 heteroatoms. The summed E-state index contributed by atoms with van der Waals surface area (Å²) < 4.78 is 0. The first kappa shape index (κ1) is 14.4. The Bertz CT molecular complexity index is 83.9. The van der Waals surface area contributed by atoms with E-state index in [4.69, 9.17) is 0 Å². The largest absolute Gasteiger partial charge is 0.344 e. The van der Waals surface area contributed by atoms with Gasteiger partial charge in [-0.1, -0.05) is 26.7 Å². The molecule has 1 atom stereocenters. The Morgan fingerprint density at radius 2 is 1.75 bits per heavy atom. The van der Waals surface area contributed by atoms with Crippen molar-refractivity contribution < 1.29 is 0 Å². The van der Waals surface area contributed by atoms with Crippen LogP contribution < -0.4 is 6.15 Å². The maximum absolute atomic E-state index is 2.45. The van der Waals surface area contributed by atoms with Crippen molar-refractivity contribution in [3.05, 3.63) is 0 Å². The topological polar surface area (TPSA) is 38.2 Å². The standard InChI is InChI=1S/C10H23N.H3N/c1-5-7-8-9-11(4)10(3)6-2;/h10H,5-9H2,1-4H3;1H3. The monoisotopic (exact) mass is 174 g/mol. The van der Waals surface area contributed by atoms with Crippen LogP contribution in [0, 0.1) is 0 Å². The first-order chi connectivity index (χ1) is 5.22. The van der Waals surface area contributed by atoms with Crippen LogP contribution in [0.4, 0.5) is 0 Å². The second-order valence-electron chi connectivity index (χ2n) is 3.44. The van der Waals surface area contributed by atoms with Gasteiger partial charge in [-0.25, -0.2) is 0 Å². The molecule has 0 aliphatic rings. The summed E-state index contributed by atoms with van der Waals surface area (Å²) in [5.41, 5.74) is 0. The van der Waals surface area contributed by atoms with E-state index < -0.39 is 0 Å². The van der Waals surface area contributed by atoms with Crippen molar-refractivity contribution in [2.24, 2.45) is 0 Å². The average Bonchev–Trinajstić information content (AvgIpc) is 2.03. The minimum atomic E-state index is 0. The Morgan fingerprint density at radius 3 is 2.17 bits per heavy atom. The van der Waals surface area contributed by atoms with Crippen LogP contribution in [0.3, 0.4) is 0 Å². The molecule has 0 bridgehead atoms. The Hall–Kier alpha value is -0.0800. The number of unbranched alkanes of at least 4 members (excludes halogenated alkanes) is 2. The number of hydrogen-bond acceptors (Lipinski definition) is 2. The van der Waals surface area contributed by atoms with Crippen molar-refractivity contribution in [1.29, 1.82) is 0 Å². The van der Waals surface area contributed by atoms with Gasteiger partial charge < -0.3 is 11.1 Å². The molecule has 0 aromatic heterocycles. The van der Waals surface area contributed by atoms with Crippen molar-refractivity contribution in [2.45, 2.75) is 52.5 Å². The molecule has 1 unspecified atom stereocenters. The lowest BCUT2D eigenvalue weighted by Crippen LogP contribution is -2.29. The van der Waals surface area contributed by atoms with Crippen LogP contribution >= 0.6 is 0 Å². The van der Waals surface area contributed by atoms with Gasteiger partial charge >= 0.3 is 0 Å². The molecule has 76 valence electrons. The van der Waals surface area contributed by atoms with Gasteiger partial charge in [-0.05, 0) is 33.4 Å². The van der Waals surface area contributed by atoms with Gasteiger partial charge in [-0.2, -0.15) is 0 Å². The molecule has 0 amide bonds. The van der Waals surface area contributed by atoms with E-state index in [1.54, 1.807) is 0 Å². The molecule has 0 aromatic rings. The fourth-order valence-corrected chi connectivity index (χ4v) is 1.14. The fraction of sp³-hybridized carbons (Fsp3) is 1.00. The summed E-state index contributed by atoms with van der Waals surface area (Å²) in [6.07, 6.45) is 5.33. The van der Waals surface area contributed by atoms with Crippen LogP contribution in [-0.4, -0.2) is 24.5 Å². The summed E-state index contributed by atoms with van der Waals surface area (Å²) in [6.45, 7) is 8.07. The molecule has 0 aliphatic heterocycles. The lowest BCUT2D eigenvalue weighted by molar-refractivity contribution is 0.247. The summed E-state index contributed by atoms with van der Waals surface area (Å²) >= 11 is 0. The van der Waals surface area contributed by atoms with Crippen LogP contribution in [0.2, 0.25) is 0 Å². The quantitative estimate of drug-likeness (QED) is 0.628. The van der Waals surface area contributed by atoms with Crippen LogP contribution in [0.15, 0.2) is 0 Å². The Kier molecular flexibility index (Phi) is 10.8. The SMILES string of the molecule is CCCCCN(C)C(C)CC.N. The molecule has 0 saturated carbocycles. The summed E-state index contributed by atoms with van der Waals surface area (Å²) in [5, 5.41) is 0.